The zero-order chi connectivity index (χ0) is 13.6. The van der Waals surface area contributed by atoms with Crippen molar-refractivity contribution < 1.29 is 22.7 Å². The van der Waals surface area contributed by atoms with E-state index in [4.69, 9.17) is 0 Å². The number of hydrogen-bond donors (Lipinski definition) is 0. The van der Waals surface area contributed by atoms with E-state index in [1.807, 2.05) is 6.08 Å². The normalized spacial score (nSPS) is 18.3. The van der Waals surface area contributed by atoms with Gasteiger partial charge in [-0.15, -0.1) is 11.8 Å². The second-order valence-electron chi connectivity index (χ2n) is 3.60. The molecule has 0 atom stereocenters. The van der Waals surface area contributed by atoms with E-state index >= 15 is 0 Å². The molecule has 102 valence electrons. The van der Waals surface area contributed by atoms with Gasteiger partial charge in [0.05, 0.1) is 18.6 Å². The second kappa shape index (κ2) is 7.20. The summed E-state index contributed by atoms with van der Waals surface area (Å²) in [5.41, 5.74) is 0. The van der Waals surface area contributed by atoms with Crippen molar-refractivity contribution in [3.63, 3.8) is 0 Å². The molecule has 1 rings (SSSR count). The van der Waals surface area contributed by atoms with E-state index in [-0.39, 0.29) is 10.9 Å². The zero-order valence-electron chi connectivity index (χ0n) is 9.88. The van der Waals surface area contributed by atoms with E-state index in [1.54, 1.807) is 0 Å². The number of carbonyl (C=O) groups is 2. The maximum atomic E-state index is 11.5. The van der Waals surface area contributed by atoms with Crippen LogP contribution in [0.5, 0.6) is 0 Å². The Kier molecular flexibility index (Phi) is 6.24. The van der Waals surface area contributed by atoms with Crippen LogP contribution in [-0.4, -0.2) is 43.9 Å². The molecule has 0 radical (unpaired) electrons. The molecular weight excluding hydrogens is 296 g/mol. The molecule has 0 unspecified atom stereocenters. The van der Waals surface area contributed by atoms with Crippen LogP contribution in [0.25, 0.3) is 0 Å². The van der Waals surface area contributed by atoms with Crippen molar-refractivity contribution >= 4 is 44.4 Å². The topological polar surface area (TPSA) is 77.5 Å². The average molecular weight is 310 g/mol. The summed E-state index contributed by atoms with van der Waals surface area (Å²) in [6.45, 7) is 0. The predicted molar refractivity (Wildman–Crippen MR) is 73.0 cm³/mol. The predicted octanol–water partition coefficient (Wildman–Crippen LogP) is 1.20. The number of sulfone groups is 1. The van der Waals surface area contributed by atoms with Crippen LogP contribution < -0.4 is 0 Å². The highest BCUT2D eigenvalue weighted by Crippen LogP contribution is 2.37. The van der Waals surface area contributed by atoms with Crippen molar-refractivity contribution in [3.8, 4) is 0 Å². The Balaban J connectivity index is 2.29. The number of rotatable bonds is 6. The third kappa shape index (κ3) is 5.92. The molecule has 1 heterocycles. The van der Waals surface area contributed by atoms with E-state index in [2.05, 4.69) is 4.74 Å². The van der Waals surface area contributed by atoms with Crippen LogP contribution in [0.4, 0.5) is 0 Å². The number of carbonyl (C=O) groups excluding carboxylic acids is 2. The monoisotopic (exact) mass is 310 g/mol. The van der Waals surface area contributed by atoms with Crippen LogP contribution in [0.3, 0.4) is 0 Å². The number of unbranched alkanes of at least 4 members (excludes halogenated alkanes) is 1. The van der Waals surface area contributed by atoms with Gasteiger partial charge in [0, 0.05) is 4.24 Å². The van der Waals surface area contributed by atoms with Gasteiger partial charge >= 0.3 is 5.97 Å². The number of thioether (sulfide) groups is 2. The van der Waals surface area contributed by atoms with E-state index < -0.39 is 21.6 Å². The van der Waals surface area contributed by atoms with E-state index in [0.717, 1.165) is 11.3 Å². The molecule has 1 saturated heterocycles. The number of hydrogen-bond acceptors (Lipinski definition) is 7. The van der Waals surface area contributed by atoms with Gasteiger partial charge < -0.3 is 4.74 Å². The van der Waals surface area contributed by atoms with Gasteiger partial charge in [0.25, 0.3) is 0 Å². The van der Waals surface area contributed by atoms with Crippen LogP contribution in [0, 0.1) is 0 Å². The maximum Gasteiger partial charge on any atom is 0.320 e. The lowest BCUT2D eigenvalue weighted by molar-refractivity contribution is -0.137. The van der Waals surface area contributed by atoms with Gasteiger partial charge in [0.1, 0.15) is 5.75 Å². The third-order valence-electron chi connectivity index (χ3n) is 2.08. The Morgan fingerprint density at radius 1 is 1.50 bits per heavy atom. The largest absolute Gasteiger partial charge is 0.468 e. The SMILES string of the molecule is COC(=O)CS(=O)(=O)CCCC=C1SCC(=O)S1. The summed E-state index contributed by atoms with van der Waals surface area (Å²) in [6, 6.07) is 0. The van der Waals surface area contributed by atoms with Gasteiger partial charge in [0.2, 0.25) is 5.12 Å². The highest BCUT2D eigenvalue weighted by molar-refractivity contribution is 8.34. The van der Waals surface area contributed by atoms with Gasteiger partial charge in [-0.2, -0.15) is 0 Å². The molecule has 0 saturated carbocycles. The van der Waals surface area contributed by atoms with Crippen molar-refractivity contribution in [2.24, 2.45) is 0 Å². The lowest BCUT2D eigenvalue weighted by Gasteiger charge is -2.01. The second-order valence-corrected chi connectivity index (χ2v) is 8.16. The molecule has 1 aliphatic rings. The van der Waals surface area contributed by atoms with Crippen molar-refractivity contribution in [3.05, 3.63) is 10.3 Å². The summed E-state index contributed by atoms with van der Waals surface area (Å²) in [6.07, 6.45) is 2.90. The Hall–Kier alpha value is -0.470. The number of ether oxygens (including phenoxy) is 1. The molecule has 1 aliphatic heterocycles. The Morgan fingerprint density at radius 2 is 2.22 bits per heavy atom. The summed E-state index contributed by atoms with van der Waals surface area (Å²) in [7, 11) is -2.22. The van der Waals surface area contributed by atoms with E-state index in [1.165, 1.54) is 23.5 Å². The first kappa shape index (κ1) is 15.6. The molecule has 0 amide bonds. The minimum atomic E-state index is -3.38. The highest BCUT2D eigenvalue weighted by Gasteiger charge is 2.18. The van der Waals surface area contributed by atoms with Gasteiger partial charge in [-0.3, -0.25) is 9.59 Å². The number of methoxy groups -OCH3 is 1. The molecule has 18 heavy (non-hydrogen) atoms. The smallest absolute Gasteiger partial charge is 0.320 e. The summed E-state index contributed by atoms with van der Waals surface area (Å²) in [5.74, 6) is -0.866. The summed E-state index contributed by atoms with van der Waals surface area (Å²) in [4.78, 5) is 21.8. The van der Waals surface area contributed by atoms with Crippen LogP contribution in [0.1, 0.15) is 12.8 Å². The molecule has 5 nitrogen and oxygen atoms in total. The van der Waals surface area contributed by atoms with Crippen LogP contribution >= 0.6 is 23.5 Å². The number of allylic oxidation sites excluding steroid dienone is 1. The summed E-state index contributed by atoms with van der Waals surface area (Å²) in [5, 5.41) is 0.129. The molecule has 0 aromatic rings. The van der Waals surface area contributed by atoms with Crippen molar-refractivity contribution in [1.29, 1.82) is 0 Å². The Morgan fingerprint density at radius 3 is 2.78 bits per heavy atom. The average Bonchev–Trinajstić information content (AvgIpc) is 2.70. The fourth-order valence-electron chi connectivity index (χ4n) is 1.24. The quantitative estimate of drug-likeness (QED) is 0.539. The van der Waals surface area contributed by atoms with Crippen molar-refractivity contribution in [2.45, 2.75) is 12.8 Å². The van der Waals surface area contributed by atoms with Crippen molar-refractivity contribution in [1.82, 2.24) is 0 Å². The van der Waals surface area contributed by atoms with Crippen LogP contribution in [0.15, 0.2) is 10.3 Å². The highest BCUT2D eigenvalue weighted by atomic mass is 32.2. The number of esters is 1. The summed E-state index contributed by atoms with van der Waals surface area (Å²) < 4.78 is 28.2. The summed E-state index contributed by atoms with van der Waals surface area (Å²) >= 11 is 2.67. The fourth-order valence-corrected chi connectivity index (χ4v) is 4.49. The lowest BCUT2D eigenvalue weighted by atomic mass is 10.3. The molecule has 0 spiro atoms. The molecule has 1 fully saturated rings. The maximum absolute atomic E-state index is 11.5. The lowest BCUT2D eigenvalue weighted by Crippen LogP contribution is -2.19. The van der Waals surface area contributed by atoms with Crippen LogP contribution in [0.2, 0.25) is 0 Å². The minimum Gasteiger partial charge on any atom is -0.468 e. The molecule has 0 aromatic carbocycles. The van der Waals surface area contributed by atoms with E-state index in [0.29, 0.717) is 18.6 Å². The Labute approximate surface area is 115 Å². The van der Waals surface area contributed by atoms with Gasteiger partial charge in [0.15, 0.2) is 9.84 Å². The standard InChI is InChI=1S/C10H14O5S3/c1-15-8(11)7-18(13,14)5-3-2-4-10-16-6-9(12)17-10/h4H,2-3,5-7H2,1H3. The van der Waals surface area contributed by atoms with Crippen molar-refractivity contribution in [2.75, 3.05) is 24.4 Å². The Bertz CT molecular complexity index is 452. The zero-order valence-corrected chi connectivity index (χ0v) is 12.3. The molecule has 0 bridgehead atoms. The fraction of sp³-hybridized carbons (Fsp3) is 0.600. The van der Waals surface area contributed by atoms with Gasteiger partial charge in [-0.05, 0) is 24.6 Å². The van der Waals surface area contributed by atoms with E-state index in [9.17, 15) is 18.0 Å². The first-order chi connectivity index (χ1) is 8.43. The van der Waals surface area contributed by atoms with Gasteiger partial charge in [-0.1, -0.05) is 6.08 Å². The molecule has 0 aliphatic carbocycles. The van der Waals surface area contributed by atoms with Gasteiger partial charge in [-0.25, -0.2) is 8.42 Å². The van der Waals surface area contributed by atoms with Crippen LogP contribution in [-0.2, 0) is 24.2 Å². The molecular formula is C10H14O5S3. The third-order valence-corrected chi connectivity index (χ3v) is 6.05. The molecule has 0 aromatic heterocycles. The minimum absolute atomic E-state index is 0.0465. The first-order valence-electron chi connectivity index (χ1n) is 5.24. The first-order valence-corrected chi connectivity index (χ1v) is 8.86. The molecule has 8 heteroatoms. The molecule has 0 N–H and O–H groups in total.